The SMILES string of the molecule is N#C/C(=C/NCCc1cccc(F)c1)C(=O)Nc1cccc([N+](=O)[O-])c1. The van der Waals surface area contributed by atoms with Crippen molar-refractivity contribution in [2.45, 2.75) is 6.42 Å². The molecule has 0 aliphatic heterocycles. The number of anilines is 1. The number of carbonyl (C=O) groups is 1. The van der Waals surface area contributed by atoms with Crippen LogP contribution in [0.5, 0.6) is 0 Å². The number of halogens is 1. The zero-order valence-corrected chi connectivity index (χ0v) is 13.6. The molecule has 2 aromatic carbocycles. The van der Waals surface area contributed by atoms with Crippen molar-refractivity contribution in [1.82, 2.24) is 5.32 Å². The Hall–Kier alpha value is -3.73. The highest BCUT2D eigenvalue weighted by Gasteiger charge is 2.11. The quantitative estimate of drug-likeness (QED) is 0.261. The minimum atomic E-state index is -0.689. The fraction of sp³-hybridized carbons (Fsp3) is 0.111. The molecule has 0 saturated heterocycles. The van der Waals surface area contributed by atoms with Crippen LogP contribution < -0.4 is 10.6 Å². The molecule has 0 saturated carbocycles. The van der Waals surface area contributed by atoms with Crippen molar-refractivity contribution in [3.63, 3.8) is 0 Å². The van der Waals surface area contributed by atoms with Gasteiger partial charge in [-0.3, -0.25) is 14.9 Å². The highest BCUT2D eigenvalue weighted by Crippen LogP contribution is 2.17. The van der Waals surface area contributed by atoms with Crippen LogP contribution in [0.25, 0.3) is 0 Å². The van der Waals surface area contributed by atoms with E-state index in [9.17, 15) is 19.3 Å². The van der Waals surface area contributed by atoms with Crippen molar-refractivity contribution in [1.29, 1.82) is 5.26 Å². The van der Waals surface area contributed by atoms with E-state index in [1.807, 2.05) is 0 Å². The molecule has 0 unspecified atom stereocenters. The number of nitro benzene ring substituents is 1. The van der Waals surface area contributed by atoms with Crippen LogP contribution in [0, 0.1) is 27.3 Å². The molecule has 7 nitrogen and oxygen atoms in total. The maximum Gasteiger partial charge on any atom is 0.271 e. The molecule has 0 radical (unpaired) electrons. The molecule has 8 heteroatoms. The van der Waals surface area contributed by atoms with Gasteiger partial charge in [-0.05, 0) is 30.2 Å². The highest BCUT2D eigenvalue weighted by atomic mass is 19.1. The maximum atomic E-state index is 13.1. The minimum absolute atomic E-state index is 0.168. The third kappa shape index (κ3) is 5.42. The van der Waals surface area contributed by atoms with Gasteiger partial charge >= 0.3 is 0 Å². The summed E-state index contributed by atoms with van der Waals surface area (Å²) in [4.78, 5) is 22.2. The van der Waals surface area contributed by atoms with E-state index in [2.05, 4.69) is 10.6 Å². The molecule has 0 heterocycles. The molecule has 132 valence electrons. The number of nitrogens with one attached hydrogen (secondary N) is 2. The third-order valence-corrected chi connectivity index (χ3v) is 3.37. The molecule has 0 aliphatic carbocycles. The Balaban J connectivity index is 1.93. The van der Waals surface area contributed by atoms with Gasteiger partial charge in [0.25, 0.3) is 11.6 Å². The first-order chi connectivity index (χ1) is 12.5. The van der Waals surface area contributed by atoms with Gasteiger partial charge in [0.05, 0.1) is 4.92 Å². The van der Waals surface area contributed by atoms with E-state index in [0.29, 0.717) is 13.0 Å². The zero-order chi connectivity index (χ0) is 18.9. The fourth-order valence-electron chi connectivity index (χ4n) is 2.13. The molecule has 2 aromatic rings. The lowest BCUT2D eigenvalue weighted by Crippen LogP contribution is -2.18. The van der Waals surface area contributed by atoms with Crippen LogP contribution in [0.1, 0.15) is 5.56 Å². The van der Waals surface area contributed by atoms with E-state index >= 15 is 0 Å². The summed E-state index contributed by atoms with van der Waals surface area (Å²) in [5, 5.41) is 25.1. The van der Waals surface area contributed by atoms with Gasteiger partial charge in [0.15, 0.2) is 0 Å². The number of amides is 1. The molecule has 0 fully saturated rings. The van der Waals surface area contributed by atoms with Crippen molar-refractivity contribution in [3.8, 4) is 6.07 Å². The fourth-order valence-corrected chi connectivity index (χ4v) is 2.13. The summed E-state index contributed by atoms with van der Waals surface area (Å²) >= 11 is 0. The Morgan fingerprint density at radius 3 is 2.73 bits per heavy atom. The molecule has 0 aromatic heterocycles. The first-order valence-electron chi connectivity index (χ1n) is 7.63. The number of non-ortho nitro benzene ring substituents is 1. The Morgan fingerprint density at radius 2 is 2.04 bits per heavy atom. The second-order valence-corrected chi connectivity index (χ2v) is 5.27. The van der Waals surface area contributed by atoms with E-state index in [1.165, 1.54) is 42.6 Å². The lowest BCUT2D eigenvalue weighted by Gasteiger charge is -2.05. The molecule has 0 bridgehead atoms. The number of nitrogens with zero attached hydrogens (tertiary/aromatic N) is 2. The molecule has 2 N–H and O–H groups in total. The first kappa shape index (κ1) is 18.6. The molecule has 1 amide bonds. The van der Waals surface area contributed by atoms with Crippen molar-refractivity contribution < 1.29 is 14.1 Å². The number of nitro groups is 1. The van der Waals surface area contributed by atoms with Crippen molar-refractivity contribution in [2.24, 2.45) is 0 Å². The topological polar surface area (TPSA) is 108 Å². The minimum Gasteiger partial charge on any atom is -0.389 e. The Kier molecular flexibility index (Phi) is 6.40. The normalized spacial score (nSPS) is 10.7. The van der Waals surface area contributed by atoms with E-state index in [-0.39, 0.29) is 22.8 Å². The van der Waals surface area contributed by atoms with E-state index in [1.54, 1.807) is 18.2 Å². The van der Waals surface area contributed by atoms with Gasteiger partial charge in [-0.15, -0.1) is 0 Å². The van der Waals surface area contributed by atoms with Crippen molar-refractivity contribution >= 4 is 17.3 Å². The Bertz CT molecular complexity index is 890. The molecular weight excluding hydrogens is 339 g/mol. The number of nitriles is 1. The van der Waals surface area contributed by atoms with Gasteiger partial charge in [-0.1, -0.05) is 18.2 Å². The van der Waals surface area contributed by atoms with Crippen molar-refractivity contribution in [2.75, 3.05) is 11.9 Å². The monoisotopic (exact) mass is 354 g/mol. The van der Waals surface area contributed by atoms with Gasteiger partial charge in [0, 0.05) is 30.6 Å². The van der Waals surface area contributed by atoms with E-state index in [0.717, 1.165) is 5.56 Å². The number of hydrogen-bond donors (Lipinski definition) is 2. The van der Waals surface area contributed by atoms with Gasteiger partial charge in [-0.25, -0.2) is 4.39 Å². The smallest absolute Gasteiger partial charge is 0.271 e. The lowest BCUT2D eigenvalue weighted by molar-refractivity contribution is -0.384. The van der Waals surface area contributed by atoms with Gasteiger partial charge in [-0.2, -0.15) is 5.26 Å². The standard InChI is InChI=1S/C18H15FN4O3/c19-15-4-1-3-13(9-15)7-8-21-12-14(11-20)18(24)22-16-5-2-6-17(10-16)23(25)26/h1-6,9-10,12,21H,7-8H2,(H,22,24)/b14-12-. The summed E-state index contributed by atoms with van der Waals surface area (Å²) in [6.45, 7) is 0.402. The number of hydrogen-bond acceptors (Lipinski definition) is 5. The van der Waals surface area contributed by atoms with Gasteiger partial charge in [0.1, 0.15) is 17.5 Å². The molecular formula is C18H15FN4O3. The average Bonchev–Trinajstić information content (AvgIpc) is 2.62. The van der Waals surface area contributed by atoms with Crippen LogP contribution in [0.15, 0.2) is 60.3 Å². The third-order valence-electron chi connectivity index (χ3n) is 3.37. The van der Waals surface area contributed by atoms with Crippen LogP contribution in [0.4, 0.5) is 15.8 Å². The van der Waals surface area contributed by atoms with Crippen LogP contribution in [0.3, 0.4) is 0 Å². The van der Waals surface area contributed by atoms with Crippen LogP contribution in [-0.4, -0.2) is 17.4 Å². The number of carbonyl (C=O) groups excluding carboxylic acids is 1. The van der Waals surface area contributed by atoms with Crippen molar-refractivity contribution in [3.05, 3.63) is 81.8 Å². The highest BCUT2D eigenvalue weighted by molar-refractivity contribution is 6.06. The summed E-state index contributed by atoms with van der Waals surface area (Å²) in [5.74, 6) is -1.02. The molecule has 2 rings (SSSR count). The predicted molar refractivity (Wildman–Crippen MR) is 93.5 cm³/mol. The molecule has 0 aliphatic rings. The second kappa shape index (κ2) is 8.94. The summed E-state index contributed by atoms with van der Waals surface area (Å²) in [7, 11) is 0. The Morgan fingerprint density at radius 1 is 1.27 bits per heavy atom. The predicted octanol–water partition coefficient (Wildman–Crippen LogP) is 2.91. The average molecular weight is 354 g/mol. The number of benzene rings is 2. The first-order valence-corrected chi connectivity index (χ1v) is 7.63. The lowest BCUT2D eigenvalue weighted by atomic mass is 10.1. The summed E-state index contributed by atoms with van der Waals surface area (Å²) in [5.41, 5.74) is 0.643. The Labute approximate surface area is 148 Å². The molecule has 0 atom stereocenters. The maximum absolute atomic E-state index is 13.1. The van der Waals surface area contributed by atoms with Gasteiger partial charge < -0.3 is 10.6 Å². The van der Waals surface area contributed by atoms with Crippen LogP contribution in [0.2, 0.25) is 0 Å². The van der Waals surface area contributed by atoms with E-state index < -0.39 is 10.8 Å². The van der Waals surface area contributed by atoms with Crippen LogP contribution >= 0.6 is 0 Å². The van der Waals surface area contributed by atoms with Gasteiger partial charge in [0.2, 0.25) is 0 Å². The van der Waals surface area contributed by atoms with Crippen LogP contribution in [-0.2, 0) is 11.2 Å². The van der Waals surface area contributed by atoms with E-state index in [4.69, 9.17) is 5.26 Å². The largest absolute Gasteiger partial charge is 0.389 e. The summed E-state index contributed by atoms with van der Waals surface area (Å²) < 4.78 is 13.1. The summed E-state index contributed by atoms with van der Waals surface area (Å²) in [6, 6.07) is 13.3. The molecule has 0 spiro atoms. The summed E-state index contributed by atoms with van der Waals surface area (Å²) in [6.07, 6.45) is 1.77. The number of rotatable bonds is 7. The zero-order valence-electron chi connectivity index (χ0n) is 13.6. The molecule has 26 heavy (non-hydrogen) atoms. The second-order valence-electron chi connectivity index (χ2n) is 5.27.